The van der Waals surface area contributed by atoms with Crippen molar-refractivity contribution >= 4 is 35.0 Å². The number of amides is 3. The number of nitrogens with one attached hydrogen (secondary N) is 2. The molecule has 2 saturated heterocycles. The minimum absolute atomic E-state index is 0.0152. The van der Waals surface area contributed by atoms with Gasteiger partial charge in [-0.1, -0.05) is 29.8 Å². The minimum atomic E-state index is -1.49. The van der Waals surface area contributed by atoms with E-state index < -0.39 is 47.2 Å². The van der Waals surface area contributed by atoms with Gasteiger partial charge in [0.2, 0.25) is 17.7 Å². The van der Waals surface area contributed by atoms with Crippen LogP contribution >= 0.6 is 11.6 Å². The van der Waals surface area contributed by atoms with E-state index in [0.717, 1.165) is 0 Å². The molecule has 3 aliphatic rings. The van der Waals surface area contributed by atoms with Crippen LogP contribution in [-0.4, -0.2) is 47.0 Å². The van der Waals surface area contributed by atoms with Crippen LogP contribution in [0.2, 0.25) is 5.02 Å². The van der Waals surface area contributed by atoms with Gasteiger partial charge >= 0.3 is 0 Å². The maximum atomic E-state index is 13.7. The van der Waals surface area contributed by atoms with Crippen molar-refractivity contribution < 1.29 is 24.2 Å². The lowest BCUT2D eigenvalue weighted by molar-refractivity contribution is -0.143. The van der Waals surface area contributed by atoms with Gasteiger partial charge < -0.3 is 15.2 Å². The number of fused-ring (bicyclic) bond motifs is 4. The Kier molecular flexibility index (Phi) is 4.77. The first-order chi connectivity index (χ1) is 15.3. The van der Waals surface area contributed by atoms with Crippen LogP contribution in [0.25, 0.3) is 0 Å². The van der Waals surface area contributed by atoms with E-state index >= 15 is 0 Å². The molecule has 32 heavy (non-hydrogen) atoms. The van der Waals surface area contributed by atoms with Gasteiger partial charge in [0.05, 0.1) is 31.6 Å². The average Bonchev–Trinajstić information content (AvgIpc) is 3.35. The van der Waals surface area contributed by atoms with E-state index in [9.17, 15) is 19.5 Å². The summed E-state index contributed by atoms with van der Waals surface area (Å²) >= 11 is 6.22. The number of carbonyl (C=O) groups is 3. The molecule has 2 aromatic rings. The second kappa shape index (κ2) is 7.30. The summed E-state index contributed by atoms with van der Waals surface area (Å²) in [5, 5.41) is 16.8. The zero-order chi connectivity index (χ0) is 22.8. The summed E-state index contributed by atoms with van der Waals surface area (Å²) in [6.07, 6.45) is -0.971. The molecule has 0 unspecified atom stereocenters. The summed E-state index contributed by atoms with van der Waals surface area (Å²) in [6.45, 7) is 1.56. The number of hydrogen-bond donors (Lipinski definition) is 3. The molecule has 3 N–H and O–H groups in total. The van der Waals surface area contributed by atoms with Crippen LogP contribution in [-0.2, 0) is 26.5 Å². The van der Waals surface area contributed by atoms with Crippen LogP contribution in [0.5, 0.6) is 5.75 Å². The number of aliphatic hydroxyl groups is 1. The fourth-order valence-electron chi connectivity index (χ4n) is 5.34. The number of aliphatic hydroxyl groups excluding tert-OH is 1. The molecule has 0 radical (unpaired) electrons. The van der Waals surface area contributed by atoms with Gasteiger partial charge in [-0.2, -0.15) is 0 Å². The fraction of sp³-hybridized carbons (Fsp3) is 0.348. The first kappa shape index (κ1) is 20.9. The predicted octanol–water partition coefficient (Wildman–Crippen LogP) is 1.65. The SMILES string of the molecule is COc1ccccc1CN1C(=O)[C@@H]2[C@H]([C@@H](C)O)N[C@]3(C(=O)Nc4ccc(Cl)cc43)[C@@H]2C1=O. The third kappa shape index (κ3) is 2.73. The molecular formula is C23H22ClN3O5. The summed E-state index contributed by atoms with van der Waals surface area (Å²) < 4.78 is 5.37. The summed E-state index contributed by atoms with van der Waals surface area (Å²) in [5.41, 5.74) is 0.217. The lowest BCUT2D eigenvalue weighted by Gasteiger charge is -2.30. The molecule has 2 aromatic carbocycles. The molecular weight excluding hydrogens is 434 g/mol. The number of methoxy groups -OCH3 is 1. The summed E-state index contributed by atoms with van der Waals surface area (Å²) in [4.78, 5) is 41.7. The lowest BCUT2D eigenvalue weighted by Crippen LogP contribution is -2.54. The zero-order valence-electron chi connectivity index (χ0n) is 17.5. The number of carbonyl (C=O) groups excluding carboxylic acids is 3. The van der Waals surface area contributed by atoms with Crippen LogP contribution < -0.4 is 15.4 Å². The molecule has 9 heteroatoms. The third-order valence-electron chi connectivity index (χ3n) is 6.74. The highest BCUT2D eigenvalue weighted by atomic mass is 35.5. The summed E-state index contributed by atoms with van der Waals surface area (Å²) in [7, 11) is 1.52. The van der Waals surface area contributed by atoms with Gasteiger partial charge in [-0.05, 0) is 31.2 Å². The van der Waals surface area contributed by atoms with Crippen molar-refractivity contribution in [3.8, 4) is 5.75 Å². The van der Waals surface area contributed by atoms with E-state index in [1.54, 1.807) is 49.4 Å². The Hall–Kier alpha value is -2.94. The number of nitrogens with zero attached hydrogens (tertiary/aromatic N) is 1. The Balaban J connectivity index is 1.62. The number of likely N-dealkylation sites (tertiary alicyclic amines) is 1. The summed E-state index contributed by atoms with van der Waals surface area (Å²) in [6, 6.07) is 11.3. The monoisotopic (exact) mass is 455 g/mol. The Morgan fingerprint density at radius 1 is 1.19 bits per heavy atom. The number of hydrogen-bond acceptors (Lipinski definition) is 6. The van der Waals surface area contributed by atoms with Crippen LogP contribution in [0.4, 0.5) is 5.69 Å². The van der Waals surface area contributed by atoms with Crippen molar-refractivity contribution in [1.82, 2.24) is 10.2 Å². The van der Waals surface area contributed by atoms with E-state index in [-0.39, 0.29) is 6.54 Å². The molecule has 0 aromatic heterocycles. The Morgan fingerprint density at radius 2 is 1.94 bits per heavy atom. The first-order valence-corrected chi connectivity index (χ1v) is 10.7. The number of ether oxygens (including phenoxy) is 1. The smallest absolute Gasteiger partial charge is 0.250 e. The maximum absolute atomic E-state index is 13.7. The second-order valence-electron chi connectivity index (χ2n) is 8.44. The van der Waals surface area contributed by atoms with Gasteiger partial charge in [0, 0.05) is 27.9 Å². The highest BCUT2D eigenvalue weighted by Crippen LogP contribution is 2.54. The van der Waals surface area contributed by atoms with E-state index in [2.05, 4.69) is 10.6 Å². The normalized spacial score (nSPS) is 29.3. The summed E-state index contributed by atoms with van der Waals surface area (Å²) in [5.74, 6) is -2.68. The van der Waals surface area contributed by atoms with E-state index in [1.165, 1.54) is 12.0 Å². The second-order valence-corrected chi connectivity index (χ2v) is 8.88. The fourth-order valence-corrected chi connectivity index (χ4v) is 5.51. The van der Waals surface area contributed by atoms with Gasteiger partial charge in [0.1, 0.15) is 11.3 Å². The van der Waals surface area contributed by atoms with Crippen LogP contribution in [0.15, 0.2) is 42.5 Å². The maximum Gasteiger partial charge on any atom is 0.250 e. The molecule has 2 fully saturated rings. The van der Waals surface area contributed by atoms with Gasteiger partial charge in [-0.25, -0.2) is 0 Å². The van der Waals surface area contributed by atoms with Crippen LogP contribution in [0.3, 0.4) is 0 Å². The molecule has 5 atom stereocenters. The molecule has 1 spiro atoms. The first-order valence-electron chi connectivity index (χ1n) is 10.3. The average molecular weight is 456 g/mol. The molecule has 0 aliphatic carbocycles. The van der Waals surface area contributed by atoms with Crippen molar-refractivity contribution in [2.45, 2.75) is 31.2 Å². The molecule has 5 rings (SSSR count). The van der Waals surface area contributed by atoms with Gasteiger partial charge in [-0.15, -0.1) is 0 Å². The van der Waals surface area contributed by atoms with Crippen molar-refractivity contribution in [2.24, 2.45) is 11.8 Å². The predicted molar refractivity (Wildman–Crippen MR) is 116 cm³/mol. The highest BCUT2D eigenvalue weighted by molar-refractivity contribution is 6.31. The van der Waals surface area contributed by atoms with Crippen molar-refractivity contribution in [3.05, 3.63) is 58.6 Å². The number of benzene rings is 2. The molecule has 3 amide bonds. The number of para-hydroxylation sites is 1. The van der Waals surface area contributed by atoms with Gasteiger partial charge in [0.25, 0.3) is 0 Å². The largest absolute Gasteiger partial charge is 0.496 e. The van der Waals surface area contributed by atoms with Crippen molar-refractivity contribution in [2.75, 3.05) is 12.4 Å². The Bertz CT molecular complexity index is 1150. The molecule has 0 bridgehead atoms. The third-order valence-corrected chi connectivity index (χ3v) is 6.98. The molecule has 0 saturated carbocycles. The molecule has 8 nitrogen and oxygen atoms in total. The zero-order valence-corrected chi connectivity index (χ0v) is 18.2. The van der Waals surface area contributed by atoms with E-state index in [0.29, 0.717) is 27.6 Å². The number of halogens is 1. The highest BCUT2D eigenvalue weighted by Gasteiger charge is 2.71. The molecule has 166 valence electrons. The standard InChI is InChI=1S/C23H22ClN3O5/c1-11(28)19-17-18(23(26-19)14-9-13(24)7-8-15(14)25-22(23)31)21(30)27(20(17)29)10-12-5-3-4-6-16(12)32-2/h3-9,11,17-19,26,28H,10H2,1-2H3,(H,25,31)/t11-,17+,18+,19+,23+/m1/s1. The number of rotatable bonds is 4. The lowest BCUT2D eigenvalue weighted by atomic mass is 9.76. The van der Waals surface area contributed by atoms with Crippen molar-refractivity contribution in [1.29, 1.82) is 0 Å². The molecule has 3 heterocycles. The molecule has 3 aliphatic heterocycles. The number of anilines is 1. The van der Waals surface area contributed by atoms with E-state index in [4.69, 9.17) is 16.3 Å². The van der Waals surface area contributed by atoms with Crippen molar-refractivity contribution in [3.63, 3.8) is 0 Å². The quantitative estimate of drug-likeness (QED) is 0.605. The topological polar surface area (TPSA) is 108 Å². The Labute approximate surface area is 189 Å². The van der Waals surface area contributed by atoms with E-state index in [1.807, 2.05) is 0 Å². The van der Waals surface area contributed by atoms with Gasteiger partial charge in [-0.3, -0.25) is 24.6 Å². The van der Waals surface area contributed by atoms with Crippen LogP contribution in [0.1, 0.15) is 18.1 Å². The minimum Gasteiger partial charge on any atom is -0.496 e. The Morgan fingerprint density at radius 3 is 2.66 bits per heavy atom. The van der Waals surface area contributed by atoms with Gasteiger partial charge in [0.15, 0.2) is 0 Å². The number of imide groups is 1. The van der Waals surface area contributed by atoms with Crippen LogP contribution in [0, 0.1) is 11.8 Å².